The molecule has 0 radical (unpaired) electrons. The molecule has 4 nitrogen and oxygen atoms in total. The van der Waals surface area contributed by atoms with E-state index >= 15 is 0 Å². The Labute approximate surface area is 170 Å². The van der Waals surface area contributed by atoms with E-state index in [0.717, 1.165) is 12.6 Å². The van der Waals surface area contributed by atoms with Crippen LogP contribution in [0.4, 0.5) is 5.69 Å². The van der Waals surface area contributed by atoms with Crippen LogP contribution in [0.5, 0.6) is 0 Å². The van der Waals surface area contributed by atoms with Crippen molar-refractivity contribution in [3.8, 4) is 0 Å². The third-order valence-corrected chi connectivity index (χ3v) is 6.52. The van der Waals surface area contributed by atoms with Crippen LogP contribution in [0.2, 0.25) is 0 Å². The molecule has 4 heteroatoms. The van der Waals surface area contributed by atoms with Crippen molar-refractivity contribution < 1.29 is 0 Å². The molecule has 2 aliphatic rings. The second-order valence-corrected chi connectivity index (χ2v) is 8.61. The largest absolute Gasteiger partial charge is 0.381 e. The van der Waals surface area contributed by atoms with Gasteiger partial charge in [0, 0.05) is 50.1 Å². The molecule has 3 heterocycles. The summed E-state index contributed by atoms with van der Waals surface area (Å²) in [6.07, 6.45) is 7.05. The smallest absolute Gasteiger partial charge is 0.0543 e. The van der Waals surface area contributed by atoms with Crippen molar-refractivity contribution in [2.45, 2.75) is 58.2 Å². The first-order valence-corrected chi connectivity index (χ1v) is 10.9. The first-order chi connectivity index (χ1) is 13.7. The highest BCUT2D eigenvalue weighted by Gasteiger charge is 2.29. The summed E-state index contributed by atoms with van der Waals surface area (Å²) in [5.74, 6) is 0. The second kappa shape index (κ2) is 9.06. The number of benzene rings is 1. The van der Waals surface area contributed by atoms with Crippen molar-refractivity contribution in [3.05, 3.63) is 59.4 Å². The van der Waals surface area contributed by atoms with Crippen molar-refractivity contribution in [1.82, 2.24) is 14.8 Å². The Morgan fingerprint density at radius 3 is 2.61 bits per heavy atom. The van der Waals surface area contributed by atoms with Gasteiger partial charge in [0.2, 0.25) is 0 Å². The molecule has 1 aromatic heterocycles. The topological polar surface area (TPSA) is 31.4 Å². The average Bonchev–Trinajstić information content (AvgIpc) is 2.72. The van der Waals surface area contributed by atoms with Crippen LogP contribution in [0.1, 0.15) is 42.5 Å². The minimum atomic E-state index is 0.572. The Kier molecular flexibility index (Phi) is 6.28. The number of nitrogens with one attached hydrogen (secondary N) is 1. The van der Waals surface area contributed by atoms with Crippen LogP contribution in [0.3, 0.4) is 0 Å². The van der Waals surface area contributed by atoms with Crippen molar-refractivity contribution in [2.24, 2.45) is 0 Å². The number of nitrogens with zero attached hydrogens (tertiary/aromatic N) is 3. The number of hydrogen-bond acceptors (Lipinski definition) is 4. The van der Waals surface area contributed by atoms with Crippen molar-refractivity contribution >= 4 is 5.69 Å². The summed E-state index contributed by atoms with van der Waals surface area (Å²) in [5, 5.41) is 3.80. The van der Waals surface area contributed by atoms with E-state index < -0.39 is 0 Å². The first-order valence-electron chi connectivity index (χ1n) is 10.9. The molecule has 0 saturated carbocycles. The molecule has 1 atom stereocenters. The van der Waals surface area contributed by atoms with Gasteiger partial charge in [0.05, 0.1) is 5.69 Å². The van der Waals surface area contributed by atoms with E-state index in [0.29, 0.717) is 6.04 Å². The van der Waals surface area contributed by atoms with E-state index in [2.05, 4.69) is 64.3 Å². The minimum Gasteiger partial charge on any atom is -0.381 e. The first kappa shape index (κ1) is 19.4. The van der Waals surface area contributed by atoms with E-state index in [1.54, 1.807) is 0 Å². The van der Waals surface area contributed by atoms with E-state index in [1.165, 1.54) is 74.4 Å². The SMILES string of the molecule is Cc1ccc(NC2CCCN(C3CCN(Cc4ccccn4)CC3)C2)cc1C. The van der Waals surface area contributed by atoms with Gasteiger partial charge in [0.15, 0.2) is 0 Å². The summed E-state index contributed by atoms with van der Waals surface area (Å²) >= 11 is 0. The maximum atomic E-state index is 4.48. The Bertz CT molecular complexity index is 752. The molecule has 2 aliphatic heterocycles. The van der Waals surface area contributed by atoms with E-state index in [1.807, 2.05) is 12.3 Å². The number of rotatable bonds is 5. The van der Waals surface area contributed by atoms with Gasteiger partial charge in [0.25, 0.3) is 0 Å². The lowest BCUT2D eigenvalue weighted by atomic mass is 9.97. The number of likely N-dealkylation sites (tertiary alicyclic amines) is 2. The molecule has 2 saturated heterocycles. The van der Waals surface area contributed by atoms with Crippen LogP contribution >= 0.6 is 0 Å². The third-order valence-electron chi connectivity index (χ3n) is 6.52. The molecule has 1 unspecified atom stereocenters. The lowest BCUT2D eigenvalue weighted by Gasteiger charge is -2.42. The number of aromatic nitrogens is 1. The lowest BCUT2D eigenvalue weighted by molar-refractivity contribution is 0.0851. The van der Waals surface area contributed by atoms with Crippen LogP contribution in [0, 0.1) is 13.8 Å². The minimum absolute atomic E-state index is 0.572. The fourth-order valence-corrected chi connectivity index (χ4v) is 4.69. The zero-order valence-corrected chi connectivity index (χ0v) is 17.4. The molecule has 1 aromatic carbocycles. The van der Waals surface area contributed by atoms with Crippen LogP contribution in [-0.2, 0) is 6.54 Å². The van der Waals surface area contributed by atoms with Gasteiger partial charge in [-0.1, -0.05) is 12.1 Å². The second-order valence-electron chi connectivity index (χ2n) is 8.61. The highest BCUT2D eigenvalue weighted by atomic mass is 15.2. The van der Waals surface area contributed by atoms with Crippen molar-refractivity contribution in [3.63, 3.8) is 0 Å². The molecule has 0 aliphatic carbocycles. The Morgan fingerprint density at radius 2 is 1.86 bits per heavy atom. The quantitative estimate of drug-likeness (QED) is 0.843. The van der Waals surface area contributed by atoms with Gasteiger partial charge in [0.1, 0.15) is 0 Å². The van der Waals surface area contributed by atoms with E-state index in [4.69, 9.17) is 0 Å². The predicted molar refractivity (Wildman–Crippen MR) is 117 cm³/mol. The van der Waals surface area contributed by atoms with Gasteiger partial charge >= 0.3 is 0 Å². The molecule has 2 fully saturated rings. The van der Waals surface area contributed by atoms with E-state index in [9.17, 15) is 0 Å². The highest BCUT2D eigenvalue weighted by molar-refractivity contribution is 5.48. The van der Waals surface area contributed by atoms with Gasteiger partial charge in [-0.25, -0.2) is 0 Å². The summed E-state index contributed by atoms with van der Waals surface area (Å²) in [6, 6.07) is 14.3. The molecule has 0 amide bonds. The molecular weight excluding hydrogens is 344 g/mol. The molecule has 0 bridgehead atoms. The van der Waals surface area contributed by atoms with Gasteiger partial charge in [-0.15, -0.1) is 0 Å². The molecule has 0 spiro atoms. The molecule has 28 heavy (non-hydrogen) atoms. The molecular formula is C24H34N4. The number of piperidine rings is 2. The fourth-order valence-electron chi connectivity index (χ4n) is 4.69. The number of anilines is 1. The van der Waals surface area contributed by atoms with E-state index in [-0.39, 0.29) is 0 Å². The Balaban J connectivity index is 1.27. The zero-order valence-electron chi connectivity index (χ0n) is 17.4. The maximum absolute atomic E-state index is 4.48. The predicted octanol–water partition coefficient (Wildman–Crippen LogP) is 4.24. The summed E-state index contributed by atoms with van der Waals surface area (Å²) in [4.78, 5) is 9.80. The summed E-state index contributed by atoms with van der Waals surface area (Å²) < 4.78 is 0. The molecule has 2 aromatic rings. The number of pyridine rings is 1. The number of hydrogen-bond donors (Lipinski definition) is 1. The van der Waals surface area contributed by atoms with Crippen molar-refractivity contribution in [1.29, 1.82) is 0 Å². The van der Waals surface area contributed by atoms with Gasteiger partial charge in [-0.3, -0.25) is 14.8 Å². The van der Waals surface area contributed by atoms with Crippen LogP contribution in [0.15, 0.2) is 42.6 Å². The molecule has 1 N–H and O–H groups in total. The third kappa shape index (κ3) is 4.92. The zero-order chi connectivity index (χ0) is 19.3. The highest BCUT2D eigenvalue weighted by Crippen LogP contribution is 2.24. The van der Waals surface area contributed by atoms with Gasteiger partial charge in [-0.2, -0.15) is 0 Å². The van der Waals surface area contributed by atoms with Crippen LogP contribution < -0.4 is 5.32 Å². The Morgan fingerprint density at radius 1 is 1.00 bits per heavy atom. The van der Waals surface area contributed by atoms with Gasteiger partial charge in [-0.05, 0) is 81.5 Å². The summed E-state index contributed by atoms with van der Waals surface area (Å²) in [5.41, 5.74) is 5.21. The monoisotopic (exact) mass is 378 g/mol. The fraction of sp³-hybridized carbons (Fsp3) is 0.542. The average molecular weight is 379 g/mol. The summed E-state index contributed by atoms with van der Waals surface area (Å²) in [6.45, 7) is 10.2. The van der Waals surface area contributed by atoms with Gasteiger partial charge < -0.3 is 5.32 Å². The summed E-state index contributed by atoms with van der Waals surface area (Å²) in [7, 11) is 0. The van der Waals surface area contributed by atoms with Crippen LogP contribution in [0.25, 0.3) is 0 Å². The lowest BCUT2D eigenvalue weighted by Crippen LogP contribution is -2.51. The number of aryl methyl sites for hydroxylation is 2. The Hall–Kier alpha value is -1.91. The van der Waals surface area contributed by atoms with Crippen LogP contribution in [-0.4, -0.2) is 53.0 Å². The maximum Gasteiger partial charge on any atom is 0.0543 e. The molecule has 4 rings (SSSR count). The normalized spacial score (nSPS) is 22.3. The standard InChI is InChI=1S/C24H34N4/c1-19-8-9-21(16-20(19)2)26-23-7-5-13-28(18-23)24-10-14-27(15-11-24)17-22-6-3-4-12-25-22/h3-4,6,8-9,12,16,23-24,26H,5,7,10-11,13-15,17-18H2,1-2H3. The molecule has 150 valence electrons. The van der Waals surface area contributed by atoms with Crippen molar-refractivity contribution in [2.75, 3.05) is 31.5 Å².